The summed E-state index contributed by atoms with van der Waals surface area (Å²) in [6.07, 6.45) is 9.62. The Balaban J connectivity index is 1.30. The molecule has 7 heteroatoms. The van der Waals surface area contributed by atoms with E-state index in [1.807, 2.05) is 35.0 Å². The van der Waals surface area contributed by atoms with Crippen molar-refractivity contribution in [3.63, 3.8) is 0 Å². The number of nitrogens with zero attached hydrogens (tertiary/aromatic N) is 1. The van der Waals surface area contributed by atoms with Crippen LogP contribution in [0.15, 0.2) is 48.7 Å². The lowest BCUT2D eigenvalue weighted by Gasteiger charge is -2.27. The fourth-order valence-corrected chi connectivity index (χ4v) is 5.58. The predicted molar refractivity (Wildman–Crippen MR) is 136 cm³/mol. The van der Waals surface area contributed by atoms with Crippen LogP contribution in [0.25, 0.3) is 10.9 Å². The Kier molecular flexibility index (Phi) is 7.25. The Hall–Kier alpha value is -3.35. The molecule has 190 valence electrons. The van der Waals surface area contributed by atoms with Gasteiger partial charge in [-0.2, -0.15) is 0 Å². The third-order valence-corrected chi connectivity index (χ3v) is 7.59. The van der Waals surface area contributed by atoms with Crippen molar-refractivity contribution in [2.75, 3.05) is 7.11 Å². The number of carbonyl (C=O) groups is 2. The van der Waals surface area contributed by atoms with Gasteiger partial charge in [0.15, 0.2) is 0 Å². The van der Waals surface area contributed by atoms with Crippen LogP contribution in [0.1, 0.15) is 67.3 Å². The molecule has 5 rings (SSSR count). The zero-order valence-electron chi connectivity index (χ0n) is 20.7. The molecule has 2 fully saturated rings. The summed E-state index contributed by atoms with van der Waals surface area (Å²) in [6.45, 7) is 0.515. The third kappa shape index (κ3) is 5.25. The van der Waals surface area contributed by atoms with Crippen molar-refractivity contribution >= 4 is 22.8 Å². The molecule has 0 aliphatic heterocycles. The van der Waals surface area contributed by atoms with Gasteiger partial charge in [-0.15, -0.1) is 0 Å². The van der Waals surface area contributed by atoms with Gasteiger partial charge in [-0.05, 0) is 87.3 Å². The van der Waals surface area contributed by atoms with E-state index in [9.17, 15) is 14.0 Å². The van der Waals surface area contributed by atoms with Crippen molar-refractivity contribution in [3.05, 3.63) is 65.6 Å². The number of ether oxygens (including phenoxy) is 2. The lowest BCUT2D eigenvalue weighted by atomic mass is 9.86. The summed E-state index contributed by atoms with van der Waals surface area (Å²) >= 11 is 0. The van der Waals surface area contributed by atoms with Crippen LogP contribution >= 0.6 is 0 Å². The highest BCUT2D eigenvalue weighted by Gasteiger charge is 2.28. The molecule has 36 heavy (non-hydrogen) atoms. The van der Waals surface area contributed by atoms with Crippen LogP contribution in [0.4, 0.5) is 4.39 Å². The van der Waals surface area contributed by atoms with Gasteiger partial charge in [0.25, 0.3) is 5.91 Å². The maximum absolute atomic E-state index is 14.6. The minimum absolute atomic E-state index is 0.0191. The number of aromatic nitrogens is 1. The van der Waals surface area contributed by atoms with E-state index in [0.717, 1.165) is 24.2 Å². The molecule has 1 amide bonds. The van der Waals surface area contributed by atoms with E-state index in [4.69, 9.17) is 9.47 Å². The van der Waals surface area contributed by atoms with Gasteiger partial charge < -0.3 is 19.4 Å². The minimum Gasteiger partial charge on any atom is -0.490 e. The number of methoxy groups -OCH3 is 1. The van der Waals surface area contributed by atoms with Gasteiger partial charge in [-0.1, -0.05) is 12.1 Å². The summed E-state index contributed by atoms with van der Waals surface area (Å²) in [4.78, 5) is 25.1. The highest BCUT2D eigenvalue weighted by molar-refractivity contribution is 6.06. The van der Waals surface area contributed by atoms with Crippen molar-refractivity contribution in [1.82, 2.24) is 9.88 Å². The predicted octanol–water partition coefficient (Wildman–Crippen LogP) is 5.61. The first-order valence-corrected chi connectivity index (χ1v) is 12.9. The number of amides is 1. The summed E-state index contributed by atoms with van der Waals surface area (Å²) in [7, 11) is 1.41. The maximum Gasteiger partial charge on any atom is 0.308 e. The van der Waals surface area contributed by atoms with Crippen LogP contribution in [0.3, 0.4) is 0 Å². The molecule has 1 heterocycles. The SMILES string of the molecule is COC(=O)C1CCC(NC(=O)c2ccc(F)c3ccn(Cc4ccc(OC5CCCC5)cc4)c23)CC1. The number of benzene rings is 2. The molecule has 0 unspecified atom stereocenters. The fraction of sp³-hybridized carbons (Fsp3) is 0.448. The first kappa shape index (κ1) is 24.3. The molecule has 2 aliphatic carbocycles. The first-order chi connectivity index (χ1) is 17.5. The Labute approximate surface area is 210 Å². The van der Waals surface area contributed by atoms with E-state index in [2.05, 4.69) is 5.32 Å². The number of carbonyl (C=O) groups excluding carboxylic acids is 2. The molecular formula is C29H33FN2O4. The molecule has 6 nitrogen and oxygen atoms in total. The van der Waals surface area contributed by atoms with E-state index >= 15 is 0 Å². The topological polar surface area (TPSA) is 69.6 Å². The van der Waals surface area contributed by atoms with Crippen molar-refractivity contribution in [2.45, 2.75) is 70.1 Å². The van der Waals surface area contributed by atoms with E-state index in [1.54, 1.807) is 12.1 Å². The highest BCUT2D eigenvalue weighted by atomic mass is 19.1. The lowest BCUT2D eigenvalue weighted by molar-refractivity contribution is -0.146. The minimum atomic E-state index is -0.348. The van der Waals surface area contributed by atoms with Crippen molar-refractivity contribution in [2.24, 2.45) is 5.92 Å². The monoisotopic (exact) mass is 492 g/mol. The zero-order chi connectivity index (χ0) is 25.1. The van der Waals surface area contributed by atoms with E-state index in [1.165, 1.54) is 26.0 Å². The fourth-order valence-electron chi connectivity index (χ4n) is 5.58. The number of fused-ring (bicyclic) bond motifs is 1. The smallest absolute Gasteiger partial charge is 0.308 e. The number of rotatable bonds is 7. The summed E-state index contributed by atoms with van der Waals surface area (Å²) < 4.78 is 27.5. The van der Waals surface area contributed by atoms with Gasteiger partial charge in [-0.3, -0.25) is 9.59 Å². The summed E-state index contributed by atoms with van der Waals surface area (Å²) in [5, 5.41) is 3.53. The number of hydrogen-bond donors (Lipinski definition) is 1. The molecule has 0 spiro atoms. The molecular weight excluding hydrogens is 459 g/mol. The van der Waals surface area contributed by atoms with Gasteiger partial charge in [0.1, 0.15) is 11.6 Å². The average molecular weight is 493 g/mol. The van der Waals surface area contributed by atoms with Gasteiger partial charge in [0.2, 0.25) is 0 Å². The van der Waals surface area contributed by atoms with Crippen LogP contribution in [-0.4, -0.2) is 35.7 Å². The Bertz CT molecular complexity index is 1220. The van der Waals surface area contributed by atoms with Crippen LogP contribution in [0, 0.1) is 11.7 Å². The third-order valence-electron chi connectivity index (χ3n) is 7.59. The van der Waals surface area contributed by atoms with Crippen molar-refractivity contribution in [1.29, 1.82) is 0 Å². The molecule has 2 aliphatic rings. The Morgan fingerprint density at radius 2 is 1.69 bits per heavy atom. The van der Waals surface area contributed by atoms with Gasteiger partial charge in [-0.25, -0.2) is 4.39 Å². The van der Waals surface area contributed by atoms with E-state index in [0.29, 0.717) is 54.8 Å². The molecule has 3 aromatic rings. The van der Waals surface area contributed by atoms with E-state index in [-0.39, 0.29) is 29.7 Å². The molecule has 0 atom stereocenters. The number of esters is 1. The molecule has 2 saturated carbocycles. The normalized spacial score (nSPS) is 20.4. The largest absolute Gasteiger partial charge is 0.490 e. The van der Waals surface area contributed by atoms with Crippen LogP contribution in [0.5, 0.6) is 5.75 Å². The second-order valence-electron chi connectivity index (χ2n) is 10.0. The zero-order valence-corrected chi connectivity index (χ0v) is 20.7. The first-order valence-electron chi connectivity index (χ1n) is 12.9. The highest BCUT2D eigenvalue weighted by Crippen LogP contribution is 2.28. The molecule has 0 bridgehead atoms. The molecule has 1 N–H and O–H groups in total. The van der Waals surface area contributed by atoms with Gasteiger partial charge in [0.05, 0.1) is 30.2 Å². The Morgan fingerprint density at radius 1 is 0.972 bits per heavy atom. The van der Waals surface area contributed by atoms with Gasteiger partial charge >= 0.3 is 5.97 Å². The number of halogens is 1. The Morgan fingerprint density at radius 3 is 2.39 bits per heavy atom. The molecule has 0 saturated heterocycles. The standard InChI is InChI=1S/C29H33FN2O4/c1-35-29(34)20-8-10-21(11-9-20)31-28(33)25-14-15-26(30)24-16-17-32(27(24)25)18-19-6-12-23(13-7-19)36-22-4-2-3-5-22/h6-7,12-17,20-22H,2-5,8-11,18H2,1H3,(H,31,33). The molecule has 0 radical (unpaired) electrons. The number of hydrogen-bond acceptors (Lipinski definition) is 4. The average Bonchev–Trinajstić information content (AvgIpc) is 3.56. The molecule has 2 aromatic carbocycles. The number of nitrogens with one attached hydrogen (secondary N) is 1. The summed E-state index contributed by atoms with van der Waals surface area (Å²) in [5.74, 6) is 0.0147. The second kappa shape index (κ2) is 10.7. The van der Waals surface area contributed by atoms with E-state index < -0.39 is 0 Å². The van der Waals surface area contributed by atoms with Crippen LogP contribution in [0.2, 0.25) is 0 Å². The van der Waals surface area contributed by atoms with Crippen molar-refractivity contribution < 1.29 is 23.5 Å². The van der Waals surface area contributed by atoms with Crippen molar-refractivity contribution in [3.8, 4) is 5.75 Å². The molecule has 1 aromatic heterocycles. The summed E-state index contributed by atoms with van der Waals surface area (Å²) in [5.41, 5.74) is 2.08. The summed E-state index contributed by atoms with van der Waals surface area (Å²) in [6, 6.07) is 12.6. The lowest BCUT2D eigenvalue weighted by Crippen LogP contribution is -2.39. The van der Waals surface area contributed by atoms with Crippen LogP contribution in [-0.2, 0) is 16.1 Å². The maximum atomic E-state index is 14.6. The van der Waals surface area contributed by atoms with Crippen LogP contribution < -0.4 is 10.1 Å². The van der Waals surface area contributed by atoms with Gasteiger partial charge in [0, 0.05) is 24.2 Å². The second-order valence-corrected chi connectivity index (χ2v) is 10.0. The quantitative estimate of drug-likeness (QED) is 0.435.